The number of thiocarbonyl (C=S) groups is 1. The minimum Gasteiger partial charge on any atom is -0.339 e. The van der Waals surface area contributed by atoms with E-state index in [4.69, 9.17) is 47.0 Å². The van der Waals surface area contributed by atoms with Crippen LogP contribution in [0.15, 0.2) is 24.3 Å². The highest BCUT2D eigenvalue weighted by atomic mass is 35.6. The van der Waals surface area contributed by atoms with Gasteiger partial charge in [0.15, 0.2) is 5.11 Å². The minimum atomic E-state index is -1.80. The van der Waals surface area contributed by atoms with Gasteiger partial charge in [0, 0.05) is 24.7 Å². The topological polar surface area (TPSA) is 82.3 Å². The molecule has 28 heavy (non-hydrogen) atoms. The molecule has 1 rings (SSSR count). The maximum absolute atomic E-state index is 12.1. The van der Waals surface area contributed by atoms with E-state index in [1.54, 1.807) is 24.3 Å². The number of amides is 2. The summed E-state index contributed by atoms with van der Waals surface area (Å²) in [5.41, 5.74) is 1.23. The first-order valence-corrected chi connectivity index (χ1v) is 10.5. The number of hydrogen-bond donors (Lipinski definition) is 4. The van der Waals surface area contributed by atoms with Crippen molar-refractivity contribution in [3.63, 3.8) is 0 Å². The molecule has 10 heteroatoms. The van der Waals surface area contributed by atoms with Crippen LogP contribution in [0.4, 0.5) is 11.4 Å². The van der Waals surface area contributed by atoms with E-state index in [9.17, 15) is 9.59 Å². The Hall–Kier alpha value is -1.28. The number of unbranched alkanes of at least 4 members (excludes halogenated alkanes) is 3. The zero-order valence-corrected chi connectivity index (χ0v) is 18.9. The summed E-state index contributed by atoms with van der Waals surface area (Å²) in [7, 11) is 0. The molecule has 0 aliphatic rings. The molecule has 0 saturated carbocycles. The molecule has 0 heterocycles. The van der Waals surface area contributed by atoms with Gasteiger partial charge in [0.05, 0.1) is 0 Å². The lowest BCUT2D eigenvalue weighted by molar-refractivity contribution is -0.122. The fraction of sp³-hybridized carbons (Fsp3) is 0.500. The van der Waals surface area contributed by atoms with Crippen molar-refractivity contribution in [3.05, 3.63) is 24.3 Å². The summed E-state index contributed by atoms with van der Waals surface area (Å²) in [5, 5.41) is 11.2. The molecule has 1 atom stereocenters. The van der Waals surface area contributed by atoms with Gasteiger partial charge in [-0.25, -0.2) is 0 Å². The first-order valence-electron chi connectivity index (χ1n) is 8.93. The highest BCUT2D eigenvalue weighted by Crippen LogP contribution is 2.29. The molecular formula is C18H25Cl3N4O2S. The zero-order valence-electron chi connectivity index (χ0n) is 15.8. The maximum atomic E-state index is 12.1. The van der Waals surface area contributed by atoms with Gasteiger partial charge >= 0.3 is 0 Å². The normalized spacial score (nSPS) is 12.0. The fourth-order valence-electron chi connectivity index (χ4n) is 2.32. The van der Waals surface area contributed by atoms with Crippen LogP contribution >= 0.6 is 47.0 Å². The van der Waals surface area contributed by atoms with E-state index in [2.05, 4.69) is 28.2 Å². The van der Waals surface area contributed by atoms with Crippen molar-refractivity contribution < 1.29 is 9.59 Å². The average molecular weight is 468 g/mol. The van der Waals surface area contributed by atoms with E-state index in [0.717, 1.165) is 25.7 Å². The molecular weight excluding hydrogens is 443 g/mol. The Morgan fingerprint density at radius 2 is 1.71 bits per heavy atom. The van der Waals surface area contributed by atoms with Crippen molar-refractivity contribution >= 4 is 75.3 Å². The summed E-state index contributed by atoms with van der Waals surface area (Å²) in [4.78, 5) is 23.3. The molecule has 1 aromatic rings. The Labute approximate surface area is 186 Å². The van der Waals surface area contributed by atoms with Crippen LogP contribution in [0.3, 0.4) is 0 Å². The molecule has 0 saturated heterocycles. The predicted octanol–water partition coefficient (Wildman–Crippen LogP) is 4.71. The number of nitrogens with one attached hydrogen (secondary N) is 4. The highest BCUT2D eigenvalue weighted by Gasteiger charge is 2.34. The number of benzene rings is 1. The predicted molar refractivity (Wildman–Crippen MR) is 121 cm³/mol. The molecule has 6 nitrogen and oxygen atoms in total. The van der Waals surface area contributed by atoms with E-state index < -0.39 is 9.96 Å². The minimum absolute atomic E-state index is 0.155. The number of anilines is 2. The third-order valence-electron chi connectivity index (χ3n) is 3.61. The molecule has 2 amide bonds. The first-order chi connectivity index (χ1) is 13.1. The van der Waals surface area contributed by atoms with Gasteiger partial charge in [0.25, 0.3) is 0 Å². The monoisotopic (exact) mass is 466 g/mol. The Morgan fingerprint density at radius 3 is 2.29 bits per heavy atom. The summed E-state index contributed by atoms with van der Waals surface area (Å²) in [6, 6.07) is 6.95. The van der Waals surface area contributed by atoms with Crippen LogP contribution in [0.2, 0.25) is 0 Å². The van der Waals surface area contributed by atoms with Crippen LogP contribution in [0.1, 0.15) is 46.0 Å². The molecule has 0 spiro atoms. The third-order valence-corrected chi connectivity index (χ3v) is 4.48. The van der Waals surface area contributed by atoms with E-state index in [1.165, 1.54) is 6.92 Å². The molecule has 1 unspecified atom stereocenters. The third kappa shape index (κ3) is 10.3. The van der Waals surface area contributed by atoms with Crippen LogP contribution in [-0.4, -0.2) is 26.9 Å². The lowest BCUT2D eigenvalue weighted by Gasteiger charge is -2.28. The number of rotatable bonds is 9. The first kappa shape index (κ1) is 24.8. The number of alkyl halides is 3. The summed E-state index contributed by atoms with van der Waals surface area (Å²) in [6.07, 6.45) is 3.24. The van der Waals surface area contributed by atoms with Gasteiger partial charge in [0.1, 0.15) is 6.17 Å². The van der Waals surface area contributed by atoms with Crippen molar-refractivity contribution in [1.82, 2.24) is 10.6 Å². The molecule has 1 aromatic carbocycles. The number of halogens is 3. The number of carbonyl (C=O) groups excluding carboxylic acids is 2. The summed E-state index contributed by atoms with van der Waals surface area (Å²) in [5.74, 6) is -0.411. The molecule has 0 aliphatic heterocycles. The smallest absolute Gasteiger partial charge is 0.228 e. The van der Waals surface area contributed by atoms with Crippen molar-refractivity contribution in [3.8, 4) is 0 Å². The quantitative estimate of drug-likeness (QED) is 0.183. The molecule has 0 fully saturated rings. The Balaban J connectivity index is 2.65. The van der Waals surface area contributed by atoms with Crippen LogP contribution in [-0.2, 0) is 9.59 Å². The second kappa shape index (κ2) is 12.3. The zero-order chi connectivity index (χ0) is 21.2. The van der Waals surface area contributed by atoms with Crippen LogP contribution in [0, 0.1) is 0 Å². The average Bonchev–Trinajstić information content (AvgIpc) is 2.57. The molecule has 0 aromatic heterocycles. The largest absolute Gasteiger partial charge is 0.339 e. The van der Waals surface area contributed by atoms with E-state index in [1.807, 2.05) is 0 Å². The van der Waals surface area contributed by atoms with Gasteiger partial charge in [-0.05, 0) is 36.8 Å². The van der Waals surface area contributed by atoms with Crippen LogP contribution in [0.5, 0.6) is 0 Å². The number of carbonyl (C=O) groups is 2. The van der Waals surface area contributed by atoms with Gasteiger partial charge in [-0.3, -0.25) is 9.59 Å². The summed E-state index contributed by atoms with van der Waals surface area (Å²) in [6.45, 7) is 3.52. The highest BCUT2D eigenvalue weighted by molar-refractivity contribution is 7.80. The van der Waals surface area contributed by atoms with Gasteiger partial charge < -0.3 is 21.3 Å². The lowest BCUT2D eigenvalue weighted by Crippen LogP contribution is -2.56. The van der Waals surface area contributed by atoms with Gasteiger partial charge in [0.2, 0.25) is 15.6 Å². The van der Waals surface area contributed by atoms with Crippen molar-refractivity contribution in [1.29, 1.82) is 0 Å². The van der Waals surface area contributed by atoms with E-state index >= 15 is 0 Å². The standard InChI is InChI=1S/C18H25Cl3N4O2S/c1-3-4-5-6-10-15(27)24-16(18(19,20)21)25-17(28)23-14-9-7-8-13(11-14)22-12(2)26/h7-9,11,16H,3-6,10H2,1-2H3,(H,22,26)(H,24,27)(H2,23,25,28). The van der Waals surface area contributed by atoms with Crippen molar-refractivity contribution in [2.45, 2.75) is 55.9 Å². The Bertz CT molecular complexity index is 683. The van der Waals surface area contributed by atoms with Crippen LogP contribution < -0.4 is 21.3 Å². The summed E-state index contributed by atoms with van der Waals surface area (Å²) < 4.78 is -1.80. The Morgan fingerprint density at radius 1 is 1.07 bits per heavy atom. The van der Waals surface area contributed by atoms with E-state index in [-0.39, 0.29) is 16.9 Å². The molecule has 4 N–H and O–H groups in total. The van der Waals surface area contributed by atoms with Gasteiger partial charge in [-0.1, -0.05) is 67.1 Å². The van der Waals surface area contributed by atoms with E-state index in [0.29, 0.717) is 17.8 Å². The second-order valence-electron chi connectivity index (χ2n) is 6.21. The van der Waals surface area contributed by atoms with Gasteiger partial charge in [-0.2, -0.15) is 0 Å². The van der Waals surface area contributed by atoms with Crippen LogP contribution in [0.25, 0.3) is 0 Å². The fourth-order valence-corrected chi connectivity index (χ4v) is 2.88. The lowest BCUT2D eigenvalue weighted by atomic mass is 10.1. The summed E-state index contributed by atoms with van der Waals surface area (Å²) >= 11 is 23.2. The van der Waals surface area contributed by atoms with Gasteiger partial charge in [-0.15, -0.1) is 0 Å². The van der Waals surface area contributed by atoms with Crippen molar-refractivity contribution in [2.24, 2.45) is 0 Å². The number of hydrogen-bond acceptors (Lipinski definition) is 3. The maximum Gasteiger partial charge on any atom is 0.228 e. The molecule has 0 bridgehead atoms. The second-order valence-corrected chi connectivity index (χ2v) is 8.99. The Kier molecular flexibility index (Phi) is 10.9. The molecule has 0 radical (unpaired) electrons. The SMILES string of the molecule is CCCCCCC(=O)NC(NC(=S)Nc1cccc(NC(C)=O)c1)C(Cl)(Cl)Cl. The molecule has 0 aliphatic carbocycles. The molecule has 156 valence electrons. The van der Waals surface area contributed by atoms with Crippen molar-refractivity contribution in [2.75, 3.05) is 10.6 Å².